The second-order valence-corrected chi connectivity index (χ2v) is 3.73. The summed E-state index contributed by atoms with van der Waals surface area (Å²) >= 11 is 0. The van der Waals surface area contributed by atoms with Crippen molar-refractivity contribution in [2.24, 2.45) is 0 Å². The highest BCUT2D eigenvalue weighted by molar-refractivity contribution is 6.06. The van der Waals surface area contributed by atoms with E-state index in [4.69, 9.17) is 5.73 Å². The number of rotatable bonds is 3. The van der Waals surface area contributed by atoms with Crippen LogP contribution in [0.3, 0.4) is 0 Å². The molecule has 0 radical (unpaired) electrons. The number of benzene rings is 2. The van der Waals surface area contributed by atoms with Gasteiger partial charge in [-0.15, -0.1) is 0 Å². The highest BCUT2D eigenvalue weighted by atomic mass is 16.1. The fourth-order valence-electron chi connectivity index (χ4n) is 1.48. The zero-order valence-electron chi connectivity index (χ0n) is 9.34. The Morgan fingerprint density at radius 2 is 1.59 bits per heavy atom. The molecule has 2 heteroatoms. The fraction of sp³-hybridized carbons (Fsp3) is 0. The van der Waals surface area contributed by atoms with Crippen molar-refractivity contribution in [2.75, 3.05) is 5.73 Å². The third kappa shape index (κ3) is 3.05. The molecule has 0 aromatic heterocycles. The molecule has 0 aliphatic heterocycles. The molecule has 0 unspecified atom stereocenters. The van der Waals surface area contributed by atoms with Crippen molar-refractivity contribution in [2.45, 2.75) is 0 Å². The van der Waals surface area contributed by atoms with E-state index in [2.05, 4.69) is 0 Å². The Kier molecular flexibility index (Phi) is 3.36. The maximum absolute atomic E-state index is 11.8. The number of ketones is 1. The van der Waals surface area contributed by atoms with Crippen molar-refractivity contribution in [3.63, 3.8) is 0 Å². The number of nitrogen functional groups attached to an aromatic ring is 1. The van der Waals surface area contributed by atoms with Gasteiger partial charge in [-0.25, -0.2) is 0 Å². The zero-order chi connectivity index (χ0) is 12.1. The van der Waals surface area contributed by atoms with E-state index in [1.54, 1.807) is 36.4 Å². The van der Waals surface area contributed by atoms with Crippen LogP contribution in [0.15, 0.2) is 60.7 Å². The van der Waals surface area contributed by atoms with Gasteiger partial charge in [0.15, 0.2) is 5.78 Å². The summed E-state index contributed by atoms with van der Waals surface area (Å²) in [7, 11) is 0. The summed E-state index contributed by atoms with van der Waals surface area (Å²) < 4.78 is 0. The lowest BCUT2D eigenvalue weighted by atomic mass is 10.1. The van der Waals surface area contributed by atoms with Crippen LogP contribution in [0.5, 0.6) is 0 Å². The number of carbonyl (C=O) groups is 1. The van der Waals surface area contributed by atoms with Gasteiger partial charge in [0.1, 0.15) is 0 Å². The number of nitrogens with two attached hydrogens (primary N) is 1. The Hall–Kier alpha value is -2.35. The number of hydrogen-bond acceptors (Lipinski definition) is 2. The zero-order valence-corrected chi connectivity index (χ0v) is 9.34. The van der Waals surface area contributed by atoms with E-state index in [1.165, 1.54) is 0 Å². The van der Waals surface area contributed by atoms with Crippen molar-refractivity contribution in [1.29, 1.82) is 0 Å². The van der Waals surface area contributed by atoms with E-state index in [0.29, 0.717) is 11.3 Å². The first-order valence-corrected chi connectivity index (χ1v) is 5.39. The molecule has 17 heavy (non-hydrogen) atoms. The van der Waals surface area contributed by atoms with E-state index >= 15 is 0 Å². The van der Waals surface area contributed by atoms with Gasteiger partial charge in [-0.1, -0.05) is 36.4 Å². The molecule has 0 aliphatic carbocycles. The molecule has 0 fully saturated rings. The van der Waals surface area contributed by atoms with Crippen molar-refractivity contribution < 1.29 is 4.79 Å². The molecule has 0 spiro atoms. The first kappa shape index (κ1) is 11.1. The quantitative estimate of drug-likeness (QED) is 0.493. The minimum absolute atomic E-state index is 0.0196. The molecule has 84 valence electrons. The normalized spacial score (nSPS) is 10.6. The first-order chi connectivity index (χ1) is 8.25. The van der Waals surface area contributed by atoms with E-state index in [0.717, 1.165) is 5.56 Å². The molecule has 2 N–H and O–H groups in total. The summed E-state index contributed by atoms with van der Waals surface area (Å²) in [5.41, 5.74) is 7.88. The SMILES string of the molecule is Nc1ccc(C(=O)/C=C\c2ccccc2)cc1. The molecule has 0 saturated heterocycles. The monoisotopic (exact) mass is 223 g/mol. The van der Waals surface area contributed by atoms with E-state index in [1.807, 2.05) is 30.3 Å². The van der Waals surface area contributed by atoms with Crippen LogP contribution < -0.4 is 5.73 Å². The largest absolute Gasteiger partial charge is 0.399 e. The van der Waals surface area contributed by atoms with Crippen LogP contribution in [0.1, 0.15) is 15.9 Å². The van der Waals surface area contributed by atoms with Gasteiger partial charge in [0.25, 0.3) is 0 Å². The Morgan fingerprint density at radius 1 is 0.941 bits per heavy atom. The predicted molar refractivity (Wildman–Crippen MR) is 70.7 cm³/mol. The molecule has 0 heterocycles. The lowest BCUT2D eigenvalue weighted by molar-refractivity contribution is 0.104. The molecular formula is C15H13NO. The van der Waals surface area contributed by atoms with Crippen LogP contribution in [0, 0.1) is 0 Å². The molecule has 0 bridgehead atoms. The number of allylic oxidation sites excluding steroid dienone is 1. The topological polar surface area (TPSA) is 43.1 Å². The number of anilines is 1. The van der Waals surface area contributed by atoms with Crippen LogP contribution in [-0.4, -0.2) is 5.78 Å². The van der Waals surface area contributed by atoms with Gasteiger partial charge < -0.3 is 5.73 Å². The summed E-state index contributed by atoms with van der Waals surface area (Å²) in [4.78, 5) is 11.8. The summed E-state index contributed by atoms with van der Waals surface area (Å²) in [6.45, 7) is 0. The maximum atomic E-state index is 11.8. The van der Waals surface area contributed by atoms with Crippen molar-refractivity contribution in [3.8, 4) is 0 Å². The predicted octanol–water partition coefficient (Wildman–Crippen LogP) is 3.16. The van der Waals surface area contributed by atoms with Crippen LogP contribution in [0.2, 0.25) is 0 Å². The average molecular weight is 223 g/mol. The van der Waals surface area contributed by atoms with Gasteiger partial charge >= 0.3 is 0 Å². The minimum Gasteiger partial charge on any atom is -0.399 e. The summed E-state index contributed by atoms with van der Waals surface area (Å²) in [5.74, 6) is -0.0196. The molecule has 2 aromatic rings. The van der Waals surface area contributed by atoms with Crippen LogP contribution in [0.25, 0.3) is 6.08 Å². The molecule has 0 saturated carbocycles. The van der Waals surface area contributed by atoms with Gasteiger partial charge in [0.2, 0.25) is 0 Å². The minimum atomic E-state index is -0.0196. The number of carbonyl (C=O) groups excluding carboxylic acids is 1. The van der Waals surface area contributed by atoms with Crippen molar-refractivity contribution >= 4 is 17.5 Å². The molecule has 0 aliphatic rings. The highest BCUT2D eigenvalue weighted by Gasteiger charge is 2.00. The lowest BCUT2D eigenvalue weighted by Gasteiger charge is -1.96. The Labute approximate surface area is 100 Å². The summed E-state index contributed by atoms with van der Waals surface area (Å²) in [5, 5.41) is 0. The smallest absolute Gasteiger partial charge is 0.185 e. The summed E-state index contributed by atoms with van der Waals surface area (Å²) in [6.07, 6.45) is 3.37. The maximum Gasteiger partial charge on any atom is 0.185 e. The molecule has 0 atom stereocenters. The fourth-order valence-corrected chi connectivity index (χ4v) is 1.48. The van der Waals surface area contributed by atoms with Gasteiger partial charge in [0, 0.05) is 11.3 Å². The average Bonchev–Trinajstić information content (AvgIpc) is 2.38. The third-order valence-corrected chi connectivity index (χ3v) is 2.42. The molecule has 0 amide bonds. The standard InChI is InChI=1S/C15H13NO/c16-14-9-7-13(8-10-14)15(17)11-6-12-4-2-1-3-5-12/h1-11H,16H2/b11-6-. The van der Waals surface area contributed by atoms with Gasteiger partial charge in [-0.3, -0.25) is 4.79 Å². The molecule has 2 nitrogen and oxygen atoms in total. The Bertz CT molecular complexity index is 527. The van der Waals surface area contributed by atoms with Crippen LogP contribution >= 0.6 is 0 Å². The second kappa shape index (κ2) is 5.12. The van der Waals surface area contributed by atoms with Crippen LogP contribution in [0.4, 0.5) is 5.69 Å². The number of hydrogen-bond donors (Lipinski definition) is 1. The Morgan fingerprint density at radius 3 is 2.24 bits per heavy atom. The third-order valence-electron chi connectivity index (χ3n) is 2.42. The Balaban J connectivity index is 2.12. The molecule has 2 rings (SSSR count). The van der Waals surface area contributed by atoms with Gasteiger partial charge in [-0.05, 0) is 35.9 Å². The second-order valence-electron chi connectivity index (χ2n) is 3.73. The van der Waals surface area contributed by atoms with Crippen molar-refractivity contribution in [3.05, 3.63) is 71.8 Å². The van der Waals surface area contributed by atoms with E-state index in [-0.39, 0.29) is 5.78 Å². The van der Waals surface area contributed by atoms with E-state index < -0.39 is 0 Å². The summed E-state index contributed by atoms with van der Waals surface area (Å²) in [6, 6.07) is 16.6. The highest BCUT2D eigenvalue weighted by Crippen LogP contribution is 2.08. The van der Waals surface area contributed by atoms with Crippen molar-refractivity contribution in [1.82, 2.24) is 0 Å². The van der Waals surface area contributed by atoms with Crippen LogP contribution in [-0.2, 0) is 0 Å². The first-order valence-electron chi connectivity index (χ1n) is 5.39. The van der Waals surface area contributed by atoms with E-state index in [9.17, 15) is 4.79 Å². The van der Waals surface area contributed by atoms with Gasteiger partial charge in [-0.2, -0.15) is 0 Å². The molecule has 2 aromatic carbocycles. The molecular weight excluding hydrogens is 210 g/mol. The van der Waals surface area contributed by atoms with Gasteiger partial charge in [0.05, 0.1) is 0 Å². The lowest BCUT2D eigenvalue weighted by Crippen LogP contribution is -1.94.